The molecule has 0 unspecified atom stereocenters. The van der Waals surface area contributed by atoms with Crippen molar-refractivity contribution in [2.45, 2.75) is 25.7 Å². The Morgan fingerprint density at radius 3 is 2.75 bits per heavy atom. The van der Waals surface area contributed by atoms with Crippen LogP contribution in [-0.2, 0) is 9.53 Å². The zero-order valence-electron chi connectivity index (χ0n) is 12.0. The van der Waals surface area contributed by atoms with E-state index in [0.717, 1.165) is 21.7 Å². The van der Waals surface area contributed by atoms with Crippen LogP contribution in [0.5, 0.6) is 0 Å². The molecule has 1 amide bonds. The Morgan fingerprint density at radius 2 is 2.10 bits per heavy atom. The van der Waals surface area contributed by atoms with Crippen LogP contribution in [-0.4, -0.2) is 25.5 Å². The van der Waals surface area contributed by atoms with Gasteiger partial charge in [0.1, 0.15) is 0 Å². The van der Waals surface area contributed by atoms with E-state index in [0.29, 0.717) is 12.2 Å². The van der Waals surface area contributed by atoms with Gasteiger partial charge in [0.2, 0.25) is 0 Å². The monoisotopic (exact) mass is 291 g/mol. The van der Waals surface area contributed by atoms with E-state index in [-0.39, 0.29) is 11.9 Å². The van der Waals surface area contributed by atoms with Crippen LogP contribution in [0.4, 0.5) is 5.69 Å². The minimum absolute atomic E-state index is 0.0974. The van der Waals surface area contributed by atoms with E-state index in [1.165, 1.54) is 17.8 Å². The first-order chi connectivity index (χ1) is 9.47. The largest absolute Gasteiger partial charge is 0.462 e. The summed E-state index contributed by atoms with van der Waals surface area (Å²) in [5.74, 6) is -0.446. The number of fused-ring (bicyclic) bond motifs is 1. The van der Waals surface area contributed by atoms with Crippen molar-refractivity contribution in [1.29, 1.82) is 0 Å². The van der Waals surface area contributed by atoms with Crippen molar-refractivity contribution in [3.63, 3.8) is 0 Å². The number of hydrogen-bond donors (Lipinski definition) is 0. The fraction of sp³-hybridized carbons (Fsp3) is 0.333. The maximum absolute atomic E-state index is 12.0. The first-order valence-corrected chi connectivity index (χ1v) is 7.27. The number of carbonyl (C=O) groups is 2. The lowest BCUT2D eigenvalue weighted by Crippen LogP contribution is -2.25. The van der Waals surface area contributed by atoms with Crippen molar-refractivity contribution in [2.24, 2.45) is 0 Å². The third-order valence-corrected chi connectivity index (χ3v) is 4.27. The van der Waals surface area contributed by atoms with E-state index in [4.69, 9.17) is 4.74 Å². The molecule has 0 atom stereocenters. The van der Waals surface area contributed by atoms with Crippen LogP contribution in [0, 0.1) is 13.8 Å². The van der Waals surface area contributed by atoms with Crippen molar-refractivity contribution in [2.75, 3.05) is 18.6 Å². The highest BCUT2D eigenvalue weighted by Gasteiger charge is 2.24. The van der Waals surface area contributed by atoms with Crippen LogP contribution in [0.1, 0.15) is 28.4 Å². The van der Waals surface area contributed by atoms with Gasteiger partial charge in [0.05, 0.1) is 17.9 Å². The highest BCUT2D eigenvalue weighted by atomic mass is 32.2. The summed E-state index contributed by atoms with van der Waals surface area (Å²) in [6.45, 7) is 5.89. The lowest BCUT2D eigenvalue weighted by atomic mass is 10.0. The normalized spacial score (nSPS) is 14.0. The zero-order valence-corrected chi connectivity index (χ0v) is 12.8. The molecule has 0 aliphatic carbocycles. The molecule has 20 heavy (non-hydrogen) atoms. The van der Waals surface area contributed by atoms with Gasteiger partial charge in [0, 0.05) is 18.0 Å². The molecule has 0 saturated heterocycles. The van der Waals surface area contributed by atoms with Crippen molar-refractivity contribution in [3.8, 4) is 0 Å². The molecule has 0 N–H and O–H groups in total. The van der Waals surface area contributed by atoms with Gasteiger partial charge in [-0.1, -0.05) is 11.8 Å². The zero-order chi connectivity index (χ0) is 14.9. The lowest BCUT2D eigenvalue weighted by Gasteiger charge is -2.22. The average molecular weight is 291 g/mol. The number of ether oxygens (including phenoxy) is 1. The topological polar surface area (TPSA) is 46.6 Å². The van der Waals surface area contributed by atoms with Gasteiger partial charge in [-0.05, 0) is 43.4 Å². The first kappa shape index (κ1) is 14.7. The van der Waals surface area contributed by atoms with Gasteiger partial charge in [-0.3, -0.25) is 4.79 Å². The second-order valence-corrected chi connectivity index (χ2v) is 5.50. The molecule has 0 saturated carbocycles. The molecule has 4 nitrogen and oxygen atoms in total. The summed E-state index contributed by atoms with van der Waals surface area (Å²) in [6.07, 6.45) is 1.54. The molecule has 106 valence electrons. The third-order valence-electron chi connectivity index (χ3n) is 3.25. The number of hydrogen-bond acceptors (Lipinski definition) is 4. The summed E-state index contributed by atoms with van der Waals surface area (Å²) in [6, 6.07) is 1.83. The number of rotatable bonds is 2. The van der Waals surface area contributed by atoms with Crippen LogP contribution < -0.4 is 4.90 Å². The molecule has 1 aromatic carbocycles. The number of esters is 1. The van der Waals surface area contributed by atoms with E-state index in [2.05, 4.69) is 0 Å². The first-order valence-electron chi connectivity index (χ1n) is 6.39. The Labute approximate surface area is 122 Å². The van der Waals surface area contributed by atoms with Crippen LogP contribution in [0.15, 0.2) is 22.4 Å². The molecular weight excluding hydrogens is 274 g/mol. The second kappa shape index (κ2) is 5.71. The van der Waals surface area contributed by atoms with Gasteiger partial charge in [-0.25, -0.2) is 4.79 Å². The van der Waals surface area contributed by atoms with Crippen LogP contribution in [0.25, 0.3) is 0 Å². The van der Waals surface area contributed by atoms with Gasteiger partial charge in [-0.2, -0.15) is 0 Å². The van der Waals surface area contributed by atoms with Gasteiger partial charge in [-0.15, -0.1) is 0 Å². The van der Waals surface area contributed by atoms with E-state index < -0.39 is 0 Å². The molecule has 0 fully saturated rings. The Morgan fingerprint density at radius 1 is 1.40 bits per heavy atom. The number of carbonyl (C=O) groups excluding carboxylic acids is 2. The Hall–Kier alpha value is -1.75. The molecule has 0 aromatic heterocycles. The second-order valence-electron chi connectivity index (χ2n) is 4.58. The van der Waals surface area contributed by atoms with E-state index in [1.807, 2.05) is 19.9 Å². The number of benzene rings is 1. The smallest absolute Gasteiger partial charge is 0.338 e. The maximum Gasteiger partial charge on any atom is 0.338 e. The molecule has 0 bridgehead atoms. The van der Waals surface area contributed by atoms with E-state index in [9.17, 15) is 9.59 Å². The summed E-state index contributed by atoms with van der Waals surface area (Å²) in [4.78, 5) is 26.6. The molecule has 5 heteroatoms. The predicted molar refractivity (Wildman–Crippen MR) is 80.3 cm³/mol. The number of amides is 1. The number of anilines is 1. The summed E-state index contributed by atoms with van der Waals surface area (Å²) in [5, 5.41) is 1.78. The maximum atomic E-state index is 12.0. The van der Waals surface area contributed by atoms with E-state index in [1.54, 1.807) is 24.3 Å². The van der Waals surface area contributed by atoms with Crippen LogP contribution in [0.2, 0.25) is 0 Å². The van der Waals surface area contributed by atoms with Gasteiger partial charge in [0.15, 0.2) is 0 Å². The minimum atomic E-state index is -0.348. The van der Waals surface area contributed by atoms with Crippen LogP contribution in [0.3, 0.4) is 0 Å². The molecule has 1 aromatic rings. The van der Waals surface area contributed by atoms with Crippen molar-refractivity contribution < 1.29 is 14.3 Å². The van der Waals surface area contributed by atoms with E-state index >= 15 is 0 Å². The summed E-state index contributed by atoms with van der Waals surface area (Å²) >= 11 is 1.50. The molecule has 1 heterocycles. The fourth-order valence-electron chi connectivity index (χ4n) is 2.23. The quantitative estimate of drug-likeness (QED) is 0.786. The van der Waals surface area contributed by atoms with Crippen LogP contribution >= 0.6 is 11.8 Å². The van der Waals surface area contributed by atoms with Crippen molar-refractivity contribution in [1.82, 2.24) is 0 Å². The minimum Gasteiger partial charge on any atom is -0.462 e. The number of nitrogens with zero attached hydrogens (tertiary/aromatic N) is 1. The van der Waals surface area contributed by atoms with Gasteiger partial charge >= 0.3 is 5.97 Å². The number of thioether (sulfide) groups is 1. The lowest BCUT2D eigenvalue weighted by molar-refractivity contribution is -0.113. The number of aryl methyl sites for hydroxylation is 1. The molecule has 0 radical (unpaired) electrons. The predicted octanol–water partition coefficient (Wildman–Crippen LogP) is 3.06. The van der Waals surface area contributed by atoms with Gasteiger partial charge < -0.3 is 9.64 Å². The SMILES string of the molecule is CCOC(=O)c1cc(C)c2c(c1C)N(C)C(=O)C=CS2. The highest BCUT2D eigenvalue weighted by molar-refractivity contribution is 8.02. The molecule has 1 aliphatic heterocycles. The highest BCUT2D eigenvalue weighted by Crippen LogP contribution is 2.40. The average Bonchev–Trinajstić information content (AvgIpc) is 2.55. The Balaban J connectivity index is 2.63. The standard InChI is InChI=1S/C15H17NO3S/c1-5-19-15(18)11-8-9(2)14-13(10(11)3)16(4)12(17)6-7-20-14/h6-8H,5H2,1-4H3. The fourth-order valence-corrected chi connectivity index (χ4v) is 3.20. The number of likely N-dealkylation sites (N-methyl/N-ethyl adjacent to an activating group) is 1. The molecule has 1 aliphatic rings. The molecule has 2 rings (SSSR count). The molecular formula is C15H17NO3S. The molecule has 0 spiro atoms. The summed E-state index contributed by atoms with van der Waals surface area (Å²) in [7, 11) is 1.72. The van der Waals surface area contributed by atoms with Crippen molar-refractivity contribution in [3.05, 3.63) is 34.2 Å². The third kappa shape index (κ3) is 2.45. The Kier molecular flexibility index (Phi) is 4.18. The summed E-state index contributed by atoms with van der Waals surface area (Å²) in [5.41, 5.74) is 3.04. The van der Waals surface area contributed by atoms with Gasteiger partial charge in [0.25, 0.3) is 5.91 Å². The van der Waals surface area contributed by atoms with Crippen molar-refractivity contribution >= 4 is 29.3 Å². The summed E-state index contributed by atoms with van der Waals surface area (Å²) < 4.78 is 5.08. The Bertz CT molecular complexity index is 608.